The van der Waals surface area contributed by atoms with Crippen molar-refractivity contribution in [3.8, 4) is 28.0 Å². The summed E-state index contributed by atoms with van der Waals surface area (Å²) < 4.78 is 33.8. The van der Waals surface area contributed by atoms with E-state index in [2.05, 4.69) is 57.3 Å². The molecule has 1 aliphatic carbocycles. The maximum Gasteiger partial charge on any atom is 0.333 e. The molecule has 0 saturated heterocycles. The highest BCUT2D eigenvalue weighted by atomic mass is 19.1. The van der Waals surface area contributed by atoms with Crippen molar-refractivity contribution in [2.24, 2.45) is 28.5 Å². The number of carbonyl (C=O) groups excluding carboxylic acids is 2. The molecule has 0 spiro atoms. The van der Waals surface area contributed by atoms with Gasteiger partial charge in [-0.05, 0) is 154 Å². The third-order valence-corrected chi connectivity index (χ3v) is 11.9. The van der Waals surface area contributed by atoms with Gasteiger partial charge in [-0.1, -0.05) is 83.0 Å². The third kappa shape index (κ3) is 13.3. The van der Waals surface area contributed by atoms with Crippen LogP contribution < -0.4 is 21.9 Å². The molecular formula is C50H70FN3O5. The van der Waals surface area contributed by atoms with Crippen LogP contribution in [0.15, 0.2) is 72.8 Å². The van der Waals surface area contributed by atoms with Crippen molar-refractivity contribution in [2.45, 2.75) is 117 Å². The van der Waals surface area contributed by atoms with Gasteiger partial charge in [0.2, 0.25) is 0 Å². The van der Waals surface area contributed by atoms with E-state index >= 15 is 4.39 Å². The molecule has 3 aromatic carbocycles. The summed E-state index contributed by atoms with van der Waals surface area (Å²) in [6.45, 7) is 15.5. The molecule has 0 aliphatic heterocycles. The van der Waals surface area contributed by atoms with E-state index in [-0.39, 0.29) is 43.3 Å². The van der Waals surface area contributed by atoms with Crippen molar-refractivity contribution < 1.29 is 28.2 Å². The Morgan fingerprint density at radius 3 is 1.81 bits per heavy atom. The molecule has 6 N–H and O–H groups in total. The van der Waals surface area contributed by atoms with Crippen molar-refractivity contribution in [3.05, 3.63) is 101 Å². The summed E-state index contributed by atoms with van der Waals surface area (Å²) in [6.07, 6.45) is 13.5. The number of hydrogen-bond donors (Lipinski definition) is 3. The third-order valence-electron chi connectivity index (χ3n) is 11.9. The van der Waals surface area contributed by atoms with E-state index in [0.29, 0.717) is 43.2 Å². The van der Waals surface area contributed by atoms with Gasteiger partial charge in [0.05, 0.1) is 5.41 Å². The van der Waals surface area contributed by atoms with Crippen LogP contribution >= 0.6 is 0 Å². The summed E-state index contributed by atoms with van der Waals surface area (Å²) in [4.78, 5) is 24.9. The second kappa shape index (κ2) is 23.5. The van der Waals surface area contributed by atoms with Crippen molar-refractivity contribution in [2.75, 3.05) is 39.5 Å². The number of rotatable bonds is 24. The molecule has 4 rings (SSSR count). The number of ether oxygens (including phenoxy) is 3. The highest BCUT2D eigenvalue weighted by Gasteiger charge is 2.35. The SMILES string of the molecule is C=C(C)C(=O)OCC(CN)(COC(=O)C(=C)C)COc1c(CCCN)cc(-c2ccc(-c3ccc(C4CCC(CCCCC)CC4)cc3F)cc2CC)cc1CCCN. The van der Waals surface area contributed by atoms with Crippen LogP contribution in [0.1, 0.15) is 120 Å². The van der Waals surface area contributed by atoms with Crippen molar-refractivity contribution in [1.82, 2.24) is 0 Å². The second-order valence-electron chi connectivity index (χ2n) is 16.8. The predicted molar refractivity (Wildman–Crippen MR) is 239 cm³/mol. The number of esters is 2. The van der Waals surface area contributed by atoms with E-state index < -0.39 is 17.4 Å². The first-order valence-corrected chi connectivity index (χ1v) is 21.9. The molecule has 0 unspecified atom stereocenters. The van der Waals surface area contributed by atoms with Gasteiger partial charge in [0.15, 0.2) is 0 Å². The highest BCUT2D eigenvalue weighted by molar-refractivity contribution is 5.87. The second-order valence-corrected chi connectivity index (χ2v) is 16.8. The summed E-state index contributed by atoms with van der Waals surface area (Å²) in [5.74, 6) is 0.605. The molecule has 9 heteroatoms. The standard InChI is InChI=1S/C50H70FN3O5/c1-7-9-10-13-36-16-18-38(19-17-36)39-20-23-45(46(51)29-39)40-21-22-44(37(8-2)26-40)43-27-41(14-11-24-52)47(42(28-43)15-12-25-53)57-31-50(30-54,32-58-48(55)34(3)4)33-59-49(56)35(5)6/h20-23,26-29,36,38H,3,5,7-19,24-25,30-33,52-54H2,1-2,4,6H3. The Balaban J connectivity index is 1.66. The van der Waals surface area contributed by atoms with E-state index in [9.17, 15) is 9.59 Å². The van der Waals surface area contributed by atoms with Crippen molar-refractivity contribution in [3.63, 3.8) is 0 Å². The molecule has 0 aromatic heterocycles. The molecule has 59 heavy (non-hydrogen) atoms. The fourth-order valence-electron chi connectivity index (χ4n) is 8.08. The van der Waals surface area contributed by atoms with Crippen LogP contribution in [0.5, 0.6) is 5.75 Å². The smallest absolute Gasteiger partial charge is 0.333 e. The summed E-state index contributed by atoms with van der Waals surface area (Å²) in [5, 5.41) is 0. The van der Waals surface area contributed by atoms with Crippen LogP contribution in [-0.4, -0.2) is 51.4 Å². The van der Waals surface area contributed by atoms with Crippen LogP contribution in [0.2, 0.25) is 0 Å². The largest absolute Gasteiger partial charge is 0.492 e. The molecule has 0 amide bonds. The minimum atomic E-state index is -1.06. The average Bonchev–Trinajstić information content (AvgIpc) is 3.24. The lowest BCUT2D eigenvalue weighted by atomic mass is 9.77. The highest BCUT2D eigenvalue weighted by Crippen LogP contribution is 2.40. The van der Waals surface area contributed by atoms with Crippen molar-refractivity contribution >= 4 is 11.9 Å². The molecule has 8 nitrogen and oxygen atoms in total. The Hall–Kier alpha value is -4.31. The Morgan fingerprint density at radius 2 is 1.31 bits per heavy atom. The van der Waals surface area contributed by atoms with Gasteiger partial charge in [-0.2, -0.15) is 0 Å². The summed E-state index contributed by atoms with van der Waals surface area (Å²) >= 11 is 0. The van der Waals surface area contributed by atoms with Gasteiger partial charge in [-0.15, -0.1) is 0 Å². The van der Waals surface area contributed by atoms with Gasteiger partial charge >= 0.3 is 11.9 Å². The van der Waals surface area contributed by atoms with Gasteiger partial charge in [-0.3, -0.25) is 0 Å². The lowest BCUT2D eigenvalue weighted by molar-refractivity contribution is -0.150. The van der Waals surface area contributed by atoms with E-state index in [1.807, 2.05) is 12.1 Å². The molecule has 3 aromatic rings. The Labute approximate surface area is 353 Å². The number of benzene rings is 3. The molecule has 1 aliphatic rings. The predicted octanol–water partition coefficient (Wildman–Crippen LogP) is 9.92. The fraction of sp³-hybridized carbons (Fsp3) is 0.520. The van der Waals surface area contributed by atoms with Gasteiger partial charge < -0.3 is 31.4 Å². The maximum atomic E-state index is 15.9. The fourth-order valence-corrected chi connectivity index (χ4v) is 8.08. The summed E-state index contributed by atoms with van der Waals surface area (Å²) in [5.41, 5.74) is 25.5. The topological polar surface area (TPSA) is 140 Å². The molecule has 0 heterocycles. The van der Waals surface area contributed by atoms with E-state index in [1.165, 1.54) is 38.5 Å². The normalized spacial score (nSPS) is 15.5. The van der Waals surface area contributed by atoms with Crippen LogP contribution in [0.3, 0.4) is 0 Å². The molecule has 1 saturated carbocycles. The minimum Gasteiger partial charge on any atom is -0.492 e. The van der Waals surface area contributed by atoms with Crippen LogP contribution in [0.25, 0.3) is 22.3 Å². The Bertz CT molecular complexity index is 1820. The molecule has 0 radical (unpaired) electrons. The molecule has 322 valence electrons. The molecule has 1 fully saturated rings. The van der Waals surface area contributed by atoms with Gasteiger partial charge in [0.25, 0.3) is 0 Å². The van der Waals surface area contributed by atoms with Crippen LogP contribution in [-0.2, 0) is 38.3 Å². The number of unbranched alkanes of at least 4 members (excludes halogenated alkanes) is 2. The lowest BCUT2D eigenvalue weighted by Gasteiger charge is -2.32. The quantitative estimate of drug-likeness (QED) is 0.0462. The average molecular weight is 812 g/mol. The van der Waals surface area contributed by atoms with E-state index in [4.69, 9.17) is 31.4 Å². The first-order valence-electron chi connectivity index (χ1n) is 21.9. The van der Waals surface area contributed by atoms with Crippen LogP contribution in [0, 0.1) is 17.2 Å². The zero-order chi connectivity index (χ0) is 43.0. The molecular weight excluding hydrogens is 742 g/mol. The minimum absolute atomic E-state index is 0.000606. The van der Waals surface area contributed by atoms with E-state index in [1.54, 1.807) is 19.9 Å². The van der Waals surface area contributed by atoms with Gasteiger partial charge in [0, 0.05) is 23.3 Å². The zero-order valence-corrected chi connectivity index (χ0v) is 36.3. The molecule has 0 atom stereocenters. The van der Waals surface area contributed by atoms with E-state index in [0.717, 1.165) is 77.0 Å². The Morgan fingerprint density at radius 1 is 0.729 bits per heavy atom. The summed E-state index contributed by atoms with van der Waals surface area (Å²) in [7, 11) is 0. The first-order chi connectivity index (χ1) is 28.4. The van der Waals surface area contributed by atoms with Gasteiger partial charge in [-0.25, -0.2) is 14.0 Å². The number of nitrogens with two attached hydrogens (primary N) is 3. The lowest BCUT2D eigenvalue weighted by Crippen LogP contribution is -2.46. The first kappa shape index (κ1) is 47.4. The van der Waals surface area contributed by atoms with Crippen LogP contribution in [0.4, 0.5) is 4.39 Å². The number of halogens is 1. The maximum absolute atomic E-state index is 15.9. The van der Waals surface area contributed by atoms with Crippen molar-refractivity contribution in [1.29, 1.82) is 0 Å². The number of aryl methyl sites for hydroxylation is 3. The number of carbonyl (C=O) groups is 2. The Kier molecular flexibility index (Phi) is 18.8. The summed E-state index contributed by atoms with van der Waals surface area (Å²) in [6, 6.07) is 16.4. The number of hydrogen-bond acceptors (Lipinski definition) is 8. The molecule has 0 bridgehead atoms. The zero-order valence-electron chi connectivity index (χ0n) is 36.3. The monoisotopic (exact) mass is 812 g/mol. The van der Waals surface area contributed by atoms with Gasteiger partial charge in [0.1, 0.15) is 31.4 Å².